The molecule has 1 rings (SSSR count). The van der Waals surface area contributed by atoms with Crippen LogP contribution in [-0.2, 0) is 9.53 Å². The van der Waals surface area contributed by atoms with Gasteiger partial charge in [0.1, 0.15) is 0 Å². The number of ether oxygens (including phenoxy) is 1. The van der Waals surface area contributed by atoms with Gasteiger partial charge in [-0.25, -0.2) is 0 Å². The van der Waals surface area contributed by atoms with E-state index >= 15 is 0 Å². The smallest absolute Gasteiger partial charge is 0.253 e. The summed E-state index contributed by atoms with van der Waals surface area (Å²) in [6.07, 6.45) is -1.17. The number of hydrogen-bond donors (Lipinski definition) is 2. The van der Waals surface area contributed by atoms with Crippen LogP contribution in [-0.4, -0.2) is 31.3 Å². The van der Waals surface area contributed by atoms with Gasteiger partial charge in [-0.15, -0.1) is 0 Å². The summed E-state index contributed by atoms with van der Waals surface area (Å²) in [4.78, 5) is 11.5. The summed E-state index contributed by atoms with van der Waals surface area (Å²) < 4.78 is 4.78. The van der Waals surface area contributed by atoms with E-state index in [9.17, 15) is 9.90 Å². The highest BCUT2D eigenvalue weighted by atomic mass is 35.5. The predicted octanol–water partition coefficient (Wildman–Crippen LogP) is 1.14. The fraction of sp³-hybridized carbons (Fsp3) is 0.364. The lowest BCUT2D eigenvalue weighted by Crippen LogP contribution is -2.31. The van der Waals surface area contributed by atoms with Crippen molar-refractivity contribution < 1.29 is 14.6 Å². The van der Waals surface area contributed by atoms with Gasteiger partial charge in [0.05, 0.1) is 6.61 Å². The topological polar surface area (TPSA) is 58.6 Å². The average Bonchev–Trinajstić information content (AvgIpc) is 2.29. The zero-order valence-corrected chi connectivity index (χ0v) is 9.70. The van der Waals surface area contributed by atoms with Crippen LogP contribution < -0.4 is 5.32 Å². The lowest BCUT2D eigenvalue weighted by molar-refractivity contribution is -0.129. The molecule has 0 heterocycles. The van der Waals surface area contributed by atoms with Crippen LogP contribution in [0.5, 0.6) is 0 Å². The van der Waals surface area contributed by atoms with E-state index in [0.29, 0.717) is 23.7 Å². The maximum absolute atomic E-state index is 11.5. The van der Waals surface area contributed by atoms with Gasteiger partial charge in [0.2, 0.25) is 0 Å². The average molecular weight is 244 g/mol. The Labute approximate surface area is 99.2 Å². The summed E-state index contributed by atoms with van der Waals surface area (Å²) in [5.41, 5.74) is 0.513. The summed E-state index contributed by atoms with van der Waals surface area (Å²) in [5, 5.41) is 12.8. The highest BCUT2D eigenvalue weighted by Crippen LogP contribution is 2.16. The minimum atomic E-state index is -1.17. The Morgan fingerprint density at radius 2 is 2.12 bits per heavy atom. The van der Waals surface area contributed by atoms with Crippen LogP contribution in [0.15, 0.2) is 24.3 Å². The number of aliphatic hydroxyl groups is 1. The zero-order chi connectivity index (χ0) is 12.0. The van der Waals surface area contributed by atoms with Crippen LogP contribution in [0, 0.1) is 0 Å². The molecule has 2 N–H and O–H groups in total. The Morgan fingerprint density at radius 1 is 1.50 bits per heavy atom. The number of nitrogens with one attached hydrogen (secondary N) is 1. The molecular formula is C11H14ClNO3. The van der Waals surface area contributed by atoms with E-state index in [0.717, 1.165) is 0 Å². The number of methoxy groups -OCH3 is 1. The second kappa shape index (κ2) is 6.48. The Kier molecular flexibility index (Phi) is 5.25. The van der Waals surface area contributed by atoms with E-state index in [4.69, 9.17) is 16.3 Å². The monoisotopic (exact) mass is 243 g/mol. The van der Waals surface area contributed by atoms with Crippen LogP contribution in [0.3, 0.4) is 0 Å². The normalized spacial score (nSPS) is 12.2. The largest absolute Gasteiger partial charge is 0.383 e. The second-order valence-corrected chi connectivity index (χ2v) is 3.67. The number of carbonyl (C=O) groups excluding carboxylic acids is 1. The lowest BCUT2D eigenvalue weighted by Gasteiger charge is -2.11. The fourth-order valence-corrected chi connectivity index (χ4v) is 1.30. The van der Waals surface area contributed by atoms with Crippen molar-refractivity contribution >= 4 is 17.5 Å². The molecule has 0 fully saturated rings. The number of aliphatic hydroxyl groups excluding tert-OH is 1. The summed E-state index contributed by atoms with van der Waals surface area (Å²) in [6, 6.07) is 6.48. The van der Waals surface area contributed by atoms with Crippen molar-refractivity contribution in [3.8, 4) is 0 Å². The molecule has 0 radical (unpaired) electrons. The van der Waals surface area contributed by atoms with Crippen molar-refractivity contribution in [2.75, 3.05) is 20.3 Å². The molecule has 0 bridgehead atoms. The minimum absolute atomic E-state index is 0.375. The molecule has 16 heavy (non-hydrogen) atoms. The molecule has 1 aromatic rings. The zero-order valence-electron chi connectivity index (χ0n) is 8.94. The number of halogens is 1. The molecule has 0 aromatic heterocycles. The van der Waals surface area contributed by atoms with Gasteiger partial charge in [-0.05, 0) is 17.7 Å². The van der Waals surface area contributed by atoms with Crippen molar-refractivity contribution in [2.24, 2.45) is 0 Å². The molecular weight excluding hydrogens is 230 g/mol. The van der Waals surface area contributed by atoms with Gasteiger partial charge >= 0.3 is 0 Å². The third kappa shape index (κ3) is 3.81. The molecule has 4 nitrogen and oxygen atoms in total. The molecule has 1 atom stereocenters. The molecule has 5 heteroatoms. The van der Waals surface area contributed by atoms with Crippen molar-refractivity contribution in [3.63, 3.8) is 0 Å². The highest BCUT2D eigenvalue weighted by molar-refractivity contribution is 6.30. The number of carbonyl (C=O) groups is 1. The number of hydrogen-bond acceptors (Lipinski definition) is 3. The quantitative estimate of drug-likeness (QED) is 0.763. The standard InChI is InChI=1S/C11H14ClNO3/c1-16-7-6-13-11(15)10(14)8-2-4-9(12)5-3-8/h2-5,10,14H,6-7H2,1H3,(H,13,15). The van der Waals surface area contributed by atoms with Gasteiger partial charge in [0, 0.05) is 18.7 Å². The van der Waals surface area contributed by atoms with Gasteiger partial charge < -0.3 is 15.2 Å². The van der Waals surface area contributed by atoms with Gasteiger partial charge in [0.25, 0.3) is 5.91 Å². The summed E-state index contributed by atoms with van der Waals surface area (Å²) >= 11 is 5.70. The van der Waals surface area contributed by atoms with Crippen molar-refractivity contribution in [1.82, 2.24) is 5.32 Å². The first kappa shape index (κ1) is 13.0. The molecule has 1 aromatic carbocycles. The number of rotatable bonds is 5. The van der Waals surface area contributed by atoms with Crippen LogP contribution in [0.4, 0.5) is 0 Å². The van der Waals surface area contributed by atoms with E-state index < -0.39 is 12.0 Å². The van der Waals surface area contributed by atoms with Gasteiger partial charge in [-0.2, -0.15) is 0 Å². The predicted molar refractivity (Wildman–Crippen MR) is 61.3 cm³/mol. The van der Waals surface area contributed by atoms with Crippen LogP contribution >= 0.6 is 11.6 Å². The van der Waals surface area contributed by atoms with E-state index in [1.807, 2.05) is 0 Å². The Balaban J connectivity index is 2.53. The molecule has 1 unspecified atom stereocenters. The molecule has 1 amide bonds. The molecule has 0 aliphatic carbocycles. The van der Waals surface area contributed by atoms with Crippen molar-refractivity contribution in [3.05, 3.63) is 34.9 Å². The van der Waals surface area contributed by atoms with Gasteiger partial charge in [-0.1, -0.05) is 23.7 Å². The van der Waals surface area contributed by atoms with E-state index in [1.54, 1.807) is 31.4 Å². The Bertz CT molecular complexity index is 340. The van der Waals surface area contributed by atoms with E-state index in [2.05, 4.69) is 5.32 Å². The van der Waals surface area contributed by atoms with Gasteiger partial charge in [0.15, 0.2) is 6.10 Å². The summed E-state index contributed by atoms with van der Waals surface area (Å²) in [7, 11) is 1.54. The maximum Gasteiger partial charge on any atom is 0.253 e. The second-order valence-electron chi connectivity index (χ2n) is 3.24. The maximum atomic E-state index is 11.5. The first-order valence-corrected chi connectivity index (χ1v) is 5.23. The van der Waals surface area contributed by atoms with Crippen molar-refractivity contribution in [1.29, 1.82) is 0 Å². The Morgan fingerprint density at radius 3 is 2.69 bits per heavy atom. The number of benzene rings is 1. The minimum Gasteiger partial charge on any atom is -0.383 e. The SMILES string of the molecule is COCCNC(=O)C(O)c1ccc(Cl)cc1. The van der Waals surface area contributed by atoms with Crippen LogP contribution in [0.1, 0.15) is 11.7 Å². The molecule has 0 aliphatic rings. The third-order valence-electron chi connectivity index (χ3n) is 2.04. The van der Waals surface area contributed by atoms with Gasteiger partial charge in [-0.3, -0.25) is 4.79 Å². The third-order valence-corrected chi connectivity index (χ3v) is 2.29. The molecule has 0 spiro atoms. The summed E-state index contributed by atoms with van der Waals surface area (Å²) in [6.45, 7) is 0.791. The fourth-order valence-electron chi connectivity index (χ4n) is 1.17. The van der Waals surface area contributed by atoms with E-state index in [-0.39, 0.29) is 0 Å². The molecule has 0 aliphatic heterocycles. The molecule has 0 saturated heterocycles. The first-order chi connectivity index (χ1) is 7.65. The summed E-state index contributed by atoms with van der Waals surface area (Å²) in [5.74, 6) is -0.445. The number of amides is 1. The molecule has 88 valence electrons. The van der Waals surface area contributed by atoms with Crippen molar-refractivity contribution in [2.45, 2.75) is 6.10 Å². The molecule has 0 saturated carbocycles. The first-order valence-electron chi connectivity index (χ1n) is 4.85. The van der Waals surface area contributed by atoms with Crippen LogP contribution in [0.2, 0.25) is 5.02 Å². The van der Waals surface area contributed by atoms with E-state index in [1.165, 1.54) is 0 Å². The lowest BCUT2D eigenvalue weighted by atomic mass is 10.1. The Hall–Kier alpha value is -1.10. The highest BCUT2D eigenvalue weighted by Gasteiger charge is 2.16. The van der Waals surface area contributed by atoms with Crippen LogP contribution in [0.25, 0.3) is 0 Å².